The van der Waals surface area contributed by atoms with Crippen LogP contribution in [-0.4, -0.2) is 108 Å². The second kappa shape index (κ2) is 15.0. The topological polar surface area (TPSA) is 75.7 Å². The lowest BCUT2D eigenvalue weighted by molar-refractivity contribution is -0.143. The molecular formula is C35H52N4O5. The van der Waals surface area contributed by atoms with E-state index in [9.17, 15) is 4.79 Å². The van der Waals surface area contributed by atoms with Crippen molar-refractivity contribution >= 4 is 11.6 Å². The van der Waals surface area contributed by atoms with Crippen LogP contribution in [0.3, 0.4) is 0 Å². The summed E-state index contributed by atoms with van der Waals surface area (Å²) in [6.07, 6.45) is 2.68. The van der Waals surface area contributed by atoms with Gasteiger partial charge in [-0.05, 0) is 61.7 Å². The number of piperidine rings is 1. The molecule has 0 aliphatic carbocycles. The van der Waals surface area contributed by atoms with Gasteiger partial charge in [0.2, 0.25) is 5.91 Å². The van der Waals surface area contributed by atoms with Gasteiger partial charge in [-0.2, -0.15) is 0 Å². The van der Waals surface area contributed by atoms with Crippen molar-refractivity contribution in [3.63, 3.8) is 0 Å². The summed E-state index contributed by atoms with van der Waals surface area (Å²) in [5.74, 6) is 2.25. The summed E-state index contributed by atoms with van der Waals surface area (Å²) in [6.45, 7) is 12.2. The zero-order chi connectivity index (χ0) is 31.1. The molecule has 5 rings (SSSR count). The van der Waals surface area contributed by atoms with E-state index in [4.69, 9.17) is 18.9 Å². The fourth-order valence-corrected chi connectivity index (χ4v) is 6.88. The number of benzene rings is 2. The molecule has 0 spiro atoms. The molecule has 3 aliphatic rings. The highest BCUT2D eigenvalue weighted by Crippen LogP contribution is 2.37. The summed E-state index contributed by atoms with van der Waals surface area (Å²) in [6, 6.07) is 15.0. The Morgan fingerprint density at radius 3 is 2.55 bits per heavy atom. The van der Waals surface area contributed by atoms with E-state index in [1.165, 1.54) is 5.56 Å². The number of nitrogens with one attached hydrogen (secondary N) is 1. The van der Waals surface area contributed by atoms with E-state index >= 15 is 0 Å². The minimum atomic E-state index is -0.438. The predicted octanol–water partition coefficient (Wildman–Crippen LogP) is 4.15. The minimum absolute atomic E-state index is 0.00109. The monoisotopic (exact) mass is 608 g/mol. The van der Waals surface area contributed by atoms with E-state index in [-0.39, 0.29) is 24.0 Å². The van der Waals surface area contributed by atoms with Crippen LogP contribution in [0, 0.1) is 5.41 Å². The molecule has 2 fully saturated rings. The Balaban J connectivity index is 1.26. The molecule has 2 saturated heterocycles. The van der Waals surface area contributed by atoms with E-state index < -0.39 is 5.41 Å². The first-order valence-corrected chi connectivity index (χ1v) is 16.2. The molecule has 3 heterocycles. The number of piperazine rings is 1. The van der Waals surface area contributed by atoms with Crippen molar-refractivity contribution in [2.24, 2.45) is 5.41 Å². The SMILES string of the molecule is COCCCN1CCOc2ccc(CO[C@H]3CN[C@H](CC(C)(C)C(=O)N4CCN(C)CC4)CC3c3ccc(OC)cc3)cc21. The molecule has 1 amide bonds. The number of carbonyl (C=O) groups is 1. The molecule has 3 atom stereocenters. The van der Waals surface area contributed by atoms with Gasteiger partial charge in [-0.15, -0.1) is 0 Å². The Morgan fingerprint density at radius 2 is 1.82 bits per heavy atom. The van der Waals surface area contributed by atoms with Crippen LogP contribution in [-0.2, 0) is 20.9 Å². The van der Waals surface area contributed by atoms with Crippen LogP contribution in [0.1, 0.15) is 50.2 Å². The minimum Gasteiger partial charge on any atom is -0.497 e. The smallest absolute Gasteiger partial charge is 0.228 e. The molecular weight excluding hydrogens is 556 g/mol. The third kappa shape index (κ3) is 8.05. The molecule has 1 N–H and O–H groups in total. The van der Waals surface area contributed by atoms with E-state index in [2.05, 4.69) is 71.2 Å². The largest absolute Gasteiger partial charge is 0.497 e. The Kier molecular flexibility index (Phi) is 11.1. The number of anilines is 1. The zero-order valence-corrected chi connectivity index (χ0v) is 27.3. The molecule has 0 radical (unpaired) electrons. The van der Waals surface area contributed by atoms with Crippen molar-refractivity contribution in [3.05, 3.63) is 53.6 Å². The van der Waals surface area contributed by atoms with Gasteiger partial charge in [0.15, 0.2) is 0 Å². The lowest BCUT2D eigenvalue weighted by Crippen LogP contribution is -2.53. The fraction of sp³-hybridized carbons (Fsp3) is 0.629. The van der Waals surface area contributed by atoms with Crippen LogP contribution in [0.2, 0.25) is 0 Å². The number of likely N-dealkylation sites (N-methyl/N-ethyl adjacent to an activating group) is 1. The van der Waals surface area contributed by atoms with Gasteiger partial charge in [0.25, 0.3) is 0 Å². The third-order valence-electron chi connectivity index (χ3n) is 9.49. The van der Waals surface area contributed by atoms with Crippen molar-refractivity contribution in [1.82, 2.24) is 15.1 Å². The molecule has 9 nitrogen and oxygen atoms in total. The lowest BCUT2D eigenvalue weighted by atomic mass is 9.77. The highest BCUT2D eigenvalue weighted by atomic mass is 16.5. The molecule has 242 valence electrons. The van der Waals surface area contributed by atoms with Crippen molar-refractivity contribution in [2.75, 3.05) is 85.2 Å². The normalized spacial score (nSPS) is 22.8. The van der Waals surface area contributed by atoms with Crippen LogP contribution >= 0.6 is 0 Å². The second-order valence-electron chi connectivity index (χ2n) is 13.2. The van der Waals surface area contributed by atoms with Crippen molar-refractivity contribution in [2.45, 2.75) is 57.8 Å². The molecule has 0 bridgehead atoms. The highest BCUT2D eigenvalue weighted by molar-refractivity contribution is 5.82. The number of rotatable bonds is 12. The number of nitrogens with zero attached hydrogens (tertiary/aromatic N) is 3. The van der Waals surface area contributed by atoms with Gasteiger partial charge >= 0.3 is 0 Å². The van der Waals surface area contributed by atoms with Gasteiger partial charge in [-0.25, -0.2) is 0 Å². The average molecular weight is 609 g/mol. The van der Waals surface area contributed by atoms with Gasteiger partial charge in [-0.3, -0.25) is 4.79 Å². The molecule has 2 aromatic carbocycles. The van der Waals surface area contributed by atoms with Crippen molar-refractivity contribution < 1.29 is 23.7 Å². The summed E-state index contributed by atoms with van der Waals surface area (Å²) in [5.41, 5.74) is 3.08. The second-order valence-corrected chi connectivity index (χ2v) is 13.2. The van der Waals surface area contributed by atoms with Crippen molar-refractivity contribution in [3.8, 4) is 11.5 Å². The predicted molar refractivity (Wildman–Crippen MR) is 174 cm³/mol. The van der Waals surface area contributed by atoms with Crippen LogP contribution in [0.5, 0.6) is 11.5 Å². The van der Waals surface area contributed by atoms with Gasteiger partial charge in [0, 0.05) is 70.4 Å². The van der Waals surface area contributed by atoms with Crippen LogP contribution in [0.4, 0.5) is 5.69 Å². The Labute approximate surface area is 263 Å². The molecule has 3 aliphatic heterocycles. The molecule has 1 unspecified atom stereocenters. The number of fused-ring (bicyclic) bond motifs is 1. The van der Waals surface area contributed by atoms with E-state index in [1.807, 2.05) is 12.1 Å². The molecule has 44 heavy (non-hydrogen) atoms. The Hall–Kier alpha value is -2.85. The molecule has 2 aromatic rings. The zero-order valence-electron chi connectivity index (χ0n) is 27.3. The number of carbonyl (C=O) groups excluding carboxylic acids is 1. The molecule has 0 aromatic heterocycles. The standard InChI is InChI=1S/C35H52N4O5/c1-35(2,34(40)39-16-14-37(3)15-17-39)23-28-22-30(27-8-10-29(42-5)11-9-27)33(24-36-28)44-25-26-7-12-32-31(21-26)38(18-20-43-32)13-6-19-41-4/h7-12,21,28,30,33,36H,6,13-20,22-25H2,1-5H3/t28-,30?,33-/m0/s1. The van der Waals surface area contributed by atoms with Gasteiger partial charge in [0.05, 0.1) is 32.1 Å². The number of hydrogen-bond donors (Lipinski definition) is 1. The average Bonchev–Trinajstić information content (AvgIpc) is 3.04. The van der Waals surface area contributed by atoms with Gasteiger partial charge in [-0.1, -0.05) is 32.0 Å². The number of amides is 1. The van der Waals surface area contributed by atoms with E-state index in [0.29, 0.717) is 13.2 Å². The molecule has 0 saturated carbocycles. The quantitative estimate of drug-likeness (QED) is 0.361. The number of hydrogen-bond acceptors (Lipinski definition) is 8. The van der Waals surface area contributed by atoms with Gasteiger partial charge in [0.1, 0.15) is 18.1 Å². The Bertz CT molecular complexity index is 1210. The summed E-state index contributed by atoms with van der Waals surface area (Å²) in [5, 5.41) is 3.77. The summed E-state index contributed by atoms with van der Waals surface area (Å²) >= 11 is 0. The third-order valence-corrected chi connectivity index (χ3v) is 9.49. The van der Waals surface area contributed by atoms with Crippen LogP contribution in [0.25, 0.3) is 0 Å². The lowest BCUT2D eigenvalue weighted by Gasteiger charge is -2.42. The summed E-state index contributed by atoms with van der Waals surface area (Å²) < 4.78 is 23.4. The van der Waals surface area contributed by atoms with E-state index in [1.54, 1.807) is 14.2 Å². The van der Waals surface area contributed by atoms with Gasteiger partial charge < -0.3 is 39.0 Å². The maximum absolute atomic E-state index is 13.6. The Morgan fingerprint density at radius 1 is 1.05 bits per heavy atom. The molecule has 9 heteroatoms. The first-order chi connectivity index (χ1) is 21.3. The van der Waals surface area contributed by atoms with Crippen LogP contribution < -0.4 is 19.7 Å². The number of methoxy groups -OCH3 is 2. The summed E-state index contributed by atoms with van der Waals surface area (Å²) in [4.78, 5) is 20.3. The van der Waals surface area contributed by atoms with E-state index in [0.717, 1.165) is 94.4 Å². The fourth-order valence-electron chi connectivity index (χ4n) is 6.88. The van der Waals surface area contributed by atoms with Crippen molar-refractivity contribution in [1.29, 1.82) is 0 Å². The maximum Gasteiger partial charge on any atom is 0.228 e. The first-order valence-electron chi connectivity index (χ1n) is 16.2. The first kappa shape index (κ1) is 32.5. The highest BCUT2D eigenvalue weighted by Gasteiger charge is 2.39. The van der Waals surface area contributed by atoms with Crippen LogP contribution in [0.15, 0.2) is 42.5 Å². The maximum atomic E-state index is 13.6. The number of ether oxygens (including phenoxy) is 4. The summed E-state index contributed by atoms with van der Waals surface area (Å²) in [7, 11) is 5.57.